The van der Waals surface area contributed by atoms with Crippen molar-refractivity contribution >= 4 is 11.8 Å². The topological polar surface area (TPSA) is 419 Å². The maximum Gasteiger partial charge on any atom is 0.306 e. The zero-order valence-electron chi connectivity index (χ0n) is 46.3. The van der Waals surface area contributed by atoms with Crippen molar-refractivity contribution in [3.63, 3.8) is 0 Å². The number of ether oxygens (including phenoxy) is 11. The highest BCUT2D eigenvalue weighted by Gasteiger charge is 2.76. The van der Waals surface area contributed by atoms with Crippen LogP contribution in [-0.4, -0.2) is 269 Å². The van der Waals surface area contributed by atoms with Crippen LogP contribution in [0.3, 0.4) is 0 Å². The van der Waals surface area contributed by atoms with Crippen molar-refractivity contribution < 1.29 is 133 Å². The van der Waals surface area contributed by atoms with E-state index in [1.54, 1.807) is 0 Å². The van der Waals surface area contributed by atoms with E-state index in [0.29, 0.717) is 38.5 Å². The maximum atomic E-state index is 14.4. The van der Waals surface area contributed by atoms with Gasteiger partial charge in [0.1, 0.15) is 115 Å². The number of fused-ring (bicyclic) bond motifs is 5. The smallest absolute Gasteiger partial charge is 0.306 e. The van der Waals surface area contributed by atoms with Gasteiger partial charge in [-0.2, -0.15) is 0 Å². The molecule has 0 radical (unpaired) electrons. The molecular weight excluding hydrogens is 1080 g/mol. The minimum absolute atomic E-state index is 0.0648. The average Bonchev–Trinajstić information content (AvgIpc) is 1.73. The first-order valence-corrected chi connectivity index (χ1v) is 28.4. The molecule has 8 fully saturated rings. The number of Topliss-reactive ketones (excluding diaryl/α,β-unsaturated/α-hetero) is 1. The third-order valence-electron chi connectivity index (χ3n) is 21.1. The number of ketones is 1. The van der Waals surface area contributed by atoms with E-state index < -0.39 is 201 Å². The summed E-state index contributed by atoms with van der Waals surface area (Å²) >= 11 is 0. The van der Waals surface area contributed by atoms with Gasteiger partial charge in [-0.1, -0.05) is 38.8 Å². The molecule has 0 aromatic heterocycles. The molecule has 14 N–H and O–H groups in total. The second-order valence-corrected chi connectivity index (χ2v) is 25.4. The fraction of sp³-hybridized carbons (Fsp3) is 0.926. The molecule has 10 aliphatic rings. The Balaban J connectivity index is 0.861. The van der Waals surface area contributed by atoms with Gasteiger partial charge in [0.2, 0.25) is 0 Å². The highest BCUT2D eigenvalue weighted by molar-refractivity contribution is 5.94. The first kappa shape index (κ1) is 62.0. The molecule has 1 spiro atoms. The third kappa shape index (κ3) is 9.91. The zero-order valence-corrected chi connectivity index (χ0v) is 46.3. The number of carbonyl (C=O) groups is 2. The van der Waals surface area contributed by atoms with Crippen molar-refractivity contribution in [2.45, 2.75) is 246 Å². The van der Waals surface area contributed by atoms with Gasteiger partial charge in [0.15, 0.2) is 31.5 Å². The highest BCUT2D eigenvalue weighted by Crippen LogP contribution is 2.74. The number of aliphatic hydroxyl groups excluding tert-OH is 14. The molecule has 6 saturated heterocycles. The minimum Gasteiger partial charge on any atom is -0.458 e. The number of rotatable bonds is 13. The minimum atomic E-state index is -1.98. The van der Waals surface area contributed by atoms with Crippen LogP contribution in [0.15, 0.2) is 11.1 Å². The highest BCUT2D eigenvalue weighted by atomic mass is 16.8. The van der Waals surface area contributed by atoms with Crippen LogP contribution in [0.4, 0.5) is 0 Å². The standard InChI is InChI=1S/C54H84O27/c1-20-13-31(60)81-54(20)14-29(59)53(6)23-7-8-28-50(3,22(23)9-12-52(53,54)5)11-10-30(51(28,4)19-56)77-47-41(70)38(67)35(64)27(76-47)18-73-48-43(34(63)25(58)17-72-48)79-49-44(80-46-40(69)37(66)32(61)21(2)74-46)42(36(65)26(15-55)75-49)78-45-39(68)33(62)24(57)16-71-45/h20-21,24-28,30,32-49,55-58,61-70H,7-19H2,1-6H3. The van der Waals surface area contributed by atoms with E-state index >= 15 is 0 Å². The third-order valence-corrected chi connectivity index (χ3v) is 21.1. The Morgan fingerprint density at radius 1 is 0.568 bits per heavy atom. The SMILES string of the molecule is CC1OC(OC2C(OC3C(OCC4OC(OC5CCC6(C)C7=C(CCC6C5(C)CO)C5(C)C(=O)CC6(OC(=O)CC6C)C5(C)CC7)C(O)C(O)C4O)OCC(O)C3O)OC(CO)C(O)C2OC2OCC(O)C(O)C2O)C(O)C(O)C1O. The van der Waals surface area contributed by atoms with Crippen molar-refractivity contribution in [3.05, 3.63) is 11.1 Å². The molecule has 0 aromatic rings. The van der Waals surface area contributed by atoms with E-state index in [4.69, 9.17) is 52.1 Å². The van der Waals surface area contributed by atoms with Crippen molar-refractivity contribution in [1.29, 1.82) is 0 Å². The molecule has 81 heavy (non-hydrogen) atoms. The summed E-state index contributed by atoms with van der Waals surface area (Å²) in [6, 6.07) is 0. The summed E-state index contributed by atoms with van der Waals surface area (Å²) in [7, 11) is 0. The summed E-state index contributed by atoms with van der Waals surface area (Å²) in [4.78, 5) is 27.2. The number of hydrogen-bond acceptors (Lipinski definition) is 27. The molecule has 6 aliphatic heterocycles. The lowest BCUT2D eigenvalue weighted by Crippen LogP contribution is -2.67. The fourth-order valence-corrected chi connectivity index (χ4v) is 15.9. The zero-order chi connectivity index (χ0) is 58.8. The Hall–Kier alpha value is -2.08. The molecule has 10 rings (SSSR count). The Morgan fingerprint density at radius 3 is 1.83 bits per heavy atom. The Labute approximate surface area is 467 Å². The number of carbonyl (C=O) groups excluding carboxylic acids is 2. The van der Waals surface area contributed by atoms with Gasteiger partial charge in [-0.05, 0) is 63.7 Å². The van der Waals surface area contributed by atoms with Crippen molar-refractivity contribution in [1.82, 2.24) is 0 Å². The maximum absolute atomic E-state index is 14.4. The van der Waals surface area contributed by atoms with Crippen LogP contribution in [0.1, 0.15) is 92.9 Å². The Bertz CT molecular complexity index is 2310. The van der Waals surface area contributed by atoms with E-state index in [1.807, 2.05) is 20.8 Å². The van der Waals surface area contributed by atoms with Gasteiger partial charge in [-0.25, -0.2) is 0 Å². The molecule has 462 valence electrons. The lowest BCUT2D eigenvalue weighted by molar-refractivity contribution is -0.404. The number of allylic oxidation sites excluding steroid dienone is 2. The van der Waals surface area contributed by atoms with Gasteiger partial charge in [0.05, 0.1) is 57.1 Å². The second-order valence-electron chi connectivity index (χ2n) is 25.4. The lowest BCUT2D eigenvalue weighted by atomic mass is 9.42. The van der Waals surface area contributed by atoms with Crippen LogP contribution in [0, 0.1) is 33.5 Å². The largest absolute Gasteiger partial charge is 0.458 e. The van der Waals surface area contributed by atoms with Crippen LogP contribution >= 0.6 is 0 Å². The number of hydrogen-bond donors (Lipinski definition) is 14. The molecule has 0 amide bonds. The lowest BCUT2D eigenvalue weighted by Gasteiger charge is -2.63. The molecule has 0 aromatic carbocycles. The van der Waals surface area contributed by atoms with Crippen LogP contribution < -0.4 is 0 Å². The van der Waals surface area contributed by atoms with Crippen LogP contribution in [-0.2, 0) is 61.7 Å². The van der Waals surface area contributed by atoms with Crippen LogP contribution in [0.2, 0.25) is 0 Å². The summed E-state index contributed by atoms with van der Waals surface area (Å²) in [6.07, 6.45) is -37.5. The van der Waals surface area contributed by atoms with Gasteiger partial charge in [-0.3, -0.25) is 9.59 Å². The van der Waals surface area contributed by atoms with Gasteiger partial charge in [0, 0.05) is 23.2 Å². The van der Waals surface area contributed by atoms with Crippen molar-refractivity contribution in [2.75, 3.05) is 33.0 Å². The van der Waals surface area contributed by atoms with E-state index in [0.717, 1.165) is 5.57 Å². The molecule has 0 bridgehead atoms. The van der Waals surface area contributed by atoms with Gasteiger partial charge in [0.25, 0.3) is 0 Å². The van der Waals surface area contributed by atoms with Crippen molar-refractivity contribution in [3.8, 4) is 0 Å². The molecule has 2 saturated carbocycles. The van der Waals surface area contributed by atoms with E-state index in [-0.39, 0.29) is 43.0 Å². The normalized spacial score (nSPS) is 54.9. The Kier molecular flexibility index (Phi) is 17.5. The summed E-state index contributed by atoms with van der Waals surface area (Å²) < 4.78 is 66.1. The van der Waals surface area contributed by atoms with Gasteiger partial charge >= 0.3 is 5.97 Å². The van der Waals surface area contributed by atoms with E-state index in [2.05, 4.69) is 13.8 Å². The van der Waals surface area contributed by atoms with Gasteiger partial charge < -0.3 is 124 Å². The molecule has 31 unspecified atom stereocenters. The van der Waals surface area contributed by atoms with Crippen LogP contribution in [0.25, 0.3) is 0 Å². The first-order chi connectivity index (χ1) is 38.1. The first-order valence-electron chi connectivity index (χ1n) is 28.4. The predicted molar refractivity (Wildman–Crippen MR) is 266 cm³/mol. The Morgan fingerprint density at radius 2 is 1.17 bits per heavy atom. The number of aliphatic hydroxyl groups is 14. The molecular formula is C54H84O27. The van der Waals surface area contributed by atoms with Gasteiger partial charge in [-0.15, -0.1) is 0 Å². The summed E-state index contributed by atoms with van der Waals surface area (Å²) in [6.45, 7) is 8.49. The average molecular weight is 1170 g/mol. The monoisotopic (exact) mass is 1160 g/mol. The molecule has 6 heterocycles. The molecule has 27 heteroatoms. The molecule has 4 aliphatic carbocycles. The summed E-state index contributed by atoms with van der Waals surface area (Å²) in [5.41, 5.74) is -1.59. The predicted octanol–water partition coefficient (Wildman–Crippen LogP) is -4.62. The van der Waals surface area contributed by atoms with E-state index in [1.165, 1.54) is 12.5 Å². The van der Waals surface area contributed by atoms with E-state index in [9.17, 15) is 81.1 Å². The van der Waals surface area contributed by atoms with Crippen LogP contribution in [0.5, 0.6) is 0 Å². The summed E-state index contributed by atoms with van der Waals surface area (Å²) in [5.74, 6) is -0.547. The second kappa shape index (κ2) is 22.9. The summed E-state index contributed by atoms with van der Waals surface area (Å²) in [5, 5.41) is 153. The fourth-order valence-electron chi connectivity index (χ4n) is 15.9. The number of esters is 1. The quantitative estimate of drug-likeness (QED) is 0.0609. The van der Waals surface area contributed by atoms with Crippen molar-refractivity contribution in [2.24, 2.45) is 33.5 Å². The molecule has 31 atom stereocenters. The molecule has 27 nitrogen and oxygen atoms in total.